The molecule has 0 radical (unpaired) electrons. The summed E-state index contributed by atoms with van der Waals surface area (Å²) in [5.74, 6) is 1.50. The molecular weight excluding hydrogens is 292 g/mol. The Balaban J connectivity index is 1.88. The van der Waals surface area contributed by atoms with Crippen molar-refractivity contribution >= 4 is 0 Å². The predicted octanol–water partition coefficient (Wildman–Crippen LogP) is 4.19. The van der Waals surface area contributed by atoms with Crippen molar-refractivity contribution in [1.29, 1.82) is 0 Å². The summed E-state index contributed by atoms with van der Waals surface area (Å²) in [5, 5.41) is 19.6. The highest BCUT2D eigenvalue weighted by Crippen LogP contribution is 2.50. The summed E-state index contributed by atoms with van der Waals surface area (Å²) in [5.41, 5.74) is 1.82. The molecule has 2 N–H and O–H groups in total. The van der Waals surface area contributed by atoms with Gasteiger partial charge in [0, 0.05) is 11.6 Å². The number of phenols is 2. The number of rotatable bonds is 3. The molecule has 2 aromatic rings. The Morgan fingerprint density at radius 2 is 1.57 bits per heavy atom. The Bertz CT molecular complexity index is 680. The van der Waals surface area contributed by atoms with Gasteiger partial charge in [0.1, 0.15) is 17.2 Å². The van der Waals surface area contributed by atoms with Crippen LogP contribution in [0.3, 0.4) is 0 Å². The Morgan fingerprint density at radius 3 is 2.17 bits per heavy atom. The fourth-order valence-corrected chi connectivity index (χ4v) is 3.26. The molecule has 1 heterocycles. The quantitative estimate of drug-likeness (QED) is 0.892. The SMILES string of the molecule is COc1ccc([C@@H]2O[C@H](c3ccc(O)cc3O)C(C)C2C)cc1. The van der Waals surface area contributed by atoms with Crippen LogP contribution in [0.4, 0.5) is 0 Å². The molecule has 0 aromatic heterocycles. The van der Waals surface area contributed by atoms with Crippen LogP contribution in [0.1, 0.15) is 37.2 Å². The molecule has 122 valence electrons. The normalized spacial score (nSPS) is 27.1. The second-order valence-electron chi connectivity index (χ2n) is 6.21. The van der Waals surface area contributed by atoms with Gasteiger partial charge in [0.2, 0.25) is 0 Å². The van der Waals surface area contributed by atoms with E-state index in [1.165, 1.54) is 6.07 Å². The number of aromatic hydroxyl groups is 2. The molecule has 0 aliphatic carbocycles. The van der Waals surface area contributed by atoms with Crippen LogP contribution in [0.25, 0.3) is 0 Å². The zero-order valence-corrected chi connectivity index (χ0v) is 13.6. The van der Waals surface area contributed by atoms with E-state index in [2.05, 4.69) is 13.8 Å². The molecule has 0 amide bonds. The third-order valence-electron chi connectivity index (χ3n) is 4.84. The van der Waals surface area contributed by atoms with E-state index in [-0.39, 0.29) is 29.6 Å². The Kier molecular flexibility index (Phi) is 4.18. The van der Waals surface area contributed by atoms with Crippen molar-refractivity contribution < 1.29 is 19.7 Å². The largest absolute Gasteiger partial charge is 0.508 e. The highest BCUT2D eigenvalue weighted by molar-refractivity contribution is 5.41. The molecule has 0 saturated carbocycles. The van der Waals surface area contributed by atoms with Crippen molar-refractivity contribution in [2.45, 2.75) is 26.1 Å². The van der Waals surface area contributed by atoms with E-state index in [1.54, 1.807) is 19.2 Å². The van der Waals surface area contributed by atoms with E-state index in [9.17, 15) is 10.2 Å². The number of hydrogen-bond donors (Lipinski definition) is 2. The van der Waals surface area contributed by atoms with Crippen LogP contribution in [-0.2, 0) is 4.74 Å². The summed E-state index contributed by atoms with van der Waals surface area (Å²) in [4.78, 5) is 0. The molecule has 4 heteroatoms. The molecule has 4 nitrogen and oxygen atoms in total. The molecule has 2 unspecified atom stereocenters. The Hall–Kier alpha value is -2.20. The van der Waals surface area contributed by atoms with Crippen LogP contribution < -0.4 is 4.74 Å². The summed E-state index contributed by atoms with van der Waals surface area (Å²) in [6.45, 7) is 4.29. The summed E-state index contributed by atoms with van der Waals surface area (Å²) >= 11 is 0. The van der Waals surface area contributed by atoms with Gasteiger partial charge in [-0.2, -0.15) is 0 Å². The Morgan fingerprint density at radius 1 is 0.913 bits per heavy atom. The van der Waals surface area contributed by atoms with E-state index in [0.29, 0.717) is 5.92 Å². The molecular formula is C19H22O4. The maximum atomic E-state index is 10.1. The number of methoxy groups -OCH3 is 1. The van der Waals surface area contributed by atoms with Crippen LogP contribution in [-0.4, -0.2) is 17.3 Å². The fourth-order valence-electron chi connectivity index (χ4n) is 3.26. The van der Waals surface area contributed by atoms with E-state index >= 15 is 0 Å². The lowest BCUT2D eigenvalue weighted by atomic mass is 9.85. The average Bonchev–Trinajstić information content (AvgIpc) is 2.84. The number of benzene rings is 2. The third kappa shape index (κ3) is 2.86. The van der Waals surface area contributed by atoms with Gasteiger partial charge in [-0.1, -0.05) is 26.0 Å². The van der Waals surface area contributed by atoms with E-state index in [0.717, 1.165) is 16.9 Å². The van der Waals surface area contributed by atoms with E-state index < -0.39 is 0 Å². The minimum Gasteiger partial charge on any atom is -0.508 e. The maximum absolute atomic E-state index is 10.1. The van der Waals surface area contributed by atoms with Crippen molar-refractivity contribution in [3.63, 3.8) is 0 Å². The standard InChI is InChI=1S/C19H22O4/c1-11-12(2)19(16-9-6-14(20)10-17(16)21)23-18(11)13-4-7-15(22-3)8-5-13/h4-12,18-21H,1-3H3/t11?,12?,18-,19+/m1/s1. The van der Waals surface area contributed by atoms with Crippen LogP contribution in [0.15, 0.2) is 42.5 Å². The number of ether oxygens (including phenoxy) is 2. The molecule has 1 fully saturated rings. The lowest BCUT2D eigenvalue weighted by molar-refractivity contribution is 0.0278. The van der Waals surface area contributed by atoms with Crippen LogP contribution >= 0.6 is 0 Å². The van der Waals surface area contributed by atoms with Gasteiger partial charge in [-0.3, -0.25) is 0 Å². The highest BCUT2D eigenvalue weighted by atomic mass is 16.5. The molecule has 0 spiro atoms. The van der Waals surface area contributed by atoms with Crippen molar-refractivity contribution in [3.05, 3.63) is 53.6 Å². The first-order valence-corrected chi connectivity index (χ1v) is 7.82. The van der Waals surface area contributed by atoms with Crippen molar-refractivity contribution in [2.75, 3.05) is 7.11 Å². The first-order chi connectivity index (χ1) is 11.0. The van der Waals surface area contributed by atoms with Crippen LogP contribution in [0, 0.1) is 11.8 Å². The lowest BCUT2D eigenvalue weighted by Crippen LogP contribution is -2.09. The fraction of sp³-hybridized carbons (Fsp3) is 0.368. The van der Waals surface area contributed by atoms with Gasteiger partial charge in [-0.15, -0.1) is 0 Å². The first-order valence-electron chi connectivity index (χ1n) is 7.82. The second kappa shape index (κ2) is 6.13. The molecule has 0 bridgehead atoms. The highest BCUT2D eigenvalue weighted by Gasteiger charge is 2.41. The third-order valence-corrected chi connectivity index (χ3v) is 4.84. The number of phenolic OH excluding ortho intramolecular Hbond substituents is 2. The van der Waals surface area contributed by atoms with Crippen molar-refractivity contribution in [1.82, 2.24) is 0 Å². The summed E-state index contributed by atoms with van der Waals surface area (Å²) in [7, 11) is 1.65. The zero-order valence-electron chi connectivity index (χ0n) is 13.6. The van der Waals surface area contributed by atoms with Crippen molar-refractivity contribution in [3.8, 4) is 17.2 Å². The molecule has 4 atom stereocenters. The lowest BCUT2D eigenvalue weighted by Gasteiger charge is -2.17. The van der Waals surface area contributed by atoms with Crippen LogP contribution in [0.2, 0.25) is 0 Å². The minimum absolute atomic E-state index is 0.0332. The van der Waals surface area contributed by atoms with Gasteiger partial charge in [0.15, 0.2) is 0 Å². The van der Waals surface area contributed by atoms with Gasteiger partial charge in [0.05, 0.1) is 19.3 Å². The first kappa shape index (κ1) is 15.7. The summed E-state index contributed by atoms with van der Waals surface area (Å²) in [6, 6.07) is 12.6. The predicted molar refractivity (Wildman–Crippen MR) is 87.7 cm³/mol. The molecule has 1 saturated heterocycles. The van der Waals surface area contributed by atoms with Crippen LogP contribution in [0.5, 0.6) is 17.2 Å². The van der Waals surface area contributed by atoms with Gasteiger partial charge >= 0.3 is 0 Å². The summed E-state index contributed by atoms with van der Waals surface area (Å²) in [6.07, 6.45) is -0.230. The van der Waals surface area contributed by atoms with Gasteiger partial charge in [-0.05, 0) is 41.7 Å². The topological polar surface area (TPSA) is 58.9 Å². The minimum atomic E-state index is -0.197. The monoisotopic (exact) mass is 314 g/mol. The van der Waals surface area contributed by atoms with E-state index in [1.807, 2.05) is 24.3 Å². The van der Waals surface area contributed by atoms with Crippen molar-refractivity contribution in [2.24, 2.45) is 11.8 Å². The molecule has 23 heavy (non-hydrogen) atoms. The van der Waals surface area contributed by atoms with Gasteiger partial charge < -0.3 is 19.7 Å². The van der Waals surface area contributed by atoms with E-state index in [4.69, 9.17) is 9.47 Å². The molecule has 2 aromatic carbocycles. The van der Waals surface area contributed by atoms with Gasteiger partial charge in [0.25, 0.3) is 0 Å². The Labute approximate surface area is 136 Å². The van der Waals surface area contributed by atoms with Gasteiger partial charge in [-0.25, -0.2) is 0 Å². The smallest absolute Gasteiger partial charge is 0.125 e. The zero-order chi connectivity index (χ0) is 16.6. The maximum Gasteiger partial charge on any atom is 0.125 e. The molecule has 3 rings (SSSR count). The number of hydrogen-bond acceptors (Lipinski definition) is 4. The average molecular weight is 314 g/mol. The molecule has 1 aliphatic heterocycles. The summed E-state index contributed by atoms with van der Waals surface area (Å²) < 4.78 is 11.5. The molecule has 1 aliphatic rings. The second-order valence-corrected chi connectivity index (χ2v) is 6.21.